The van der Waals surface area contributed by atoms with E-state index in [1.807, 2.05) is 6.92 Å². The van der Waals surface area contributed by atoms with E-state index in [0.29, 0.717) is 18.8 Å². The summed E-state index contributed by atoms with van der Waals surface area (Å²) in [6.07, 6.45) is 5.84. The van der Waals surface area contributed by atoms with Crippen molar-refractivity contribution in [1.29, 1.82) is 0 Å². The topological polar surface area (TPSA) is 86.3 Å². The highest BCUT2D eigenvalue weighted by Gasteiger charge is 2.40. The molecule has 1 fully saturated rings. The Morgan fingerprint density at radius 1 is 1.32 bits per heavy atom. The zero-order chi connectivity index (χ0) is 15.7. The van der Waals surface area contributed by atoms with Gasteiger partial charge in [0.15, 0.2) is 5.69 Å². The van der Waals surface area contributed by atoms with Gasteiger partial charge in [0, 0.05) is 24.3 Å². The third-order valence-electron chi connectivity index (χ3n) is 4.96. The number of hydrogen-bond donors (Lipinski definition) is 2. The molecule has 6 heteroatoms. The number of aryl methyl sites for hydroxylation is 1. The molecule has 2 atom stereocenters. The molecule has 3 rings (SSSR count). The lowest BCUT2D eigenvalue weighted by atomic mass is 9.92. The standard InChI is InChI=1S/C16H23N3O3/c1-2-5-10-8-19(9-12(10)16(21)22)15(20)14-11-6-3-4-7-13(11)17-18-14/h10,12H,2-9H2,1H3,(H,17,18)(H,21,22)/t10-,12-/m1/s1. The number of aromatic amines is 1. The fraction of sp³-hybridized carbons (Fsp3) is 0.688. The Morgan fingerprint density at radius 2 is 2.09 bits per heavy atom. The van der Waals surface area contributed by atoms with Crippen LogP contribution in [0.2, 0.25) is 0 Å². The summed E-state index contributed by atoms with van der Waals surface area (Å²) in [7, 11) is 0. The van der Waals surface area contributed by atoms with Gasteiger partial charge in [-0.05, 0) is 38.0 Å². The lowest BCUT2D eigenvalue weighted by molar-refractivity contribution is -0.142. The summed E-state index contributed by atoms with van der Waals surface area (Å²) < 4.78 is 0. The third kappa shape index (κ3) is 2.62. The van der Waals surface area contributed by atoms with Crippen molar-refractivity contribution in [1.82, 2.24) is 15.1 Å². The summed E-state index contributed by atoms with van der Waals surface area (Å²) in [5.41, 5.74) is 2.63. The summed E-state index contributed by atoms with van der Waals surface area (Å²) in [4.78, 5) is 25.8. The van der Waals surface area contributed by atoms with Crippen molar-refractivity contribution in [2.24, 2.45) is 11.8 Å². The molecule has 120 valence electrons. The SMILES string of the molecule is CCC[C@@H]1CN(C(=O)c2n[nH]c3c2CCCC3)C[C@H]1C(=O)O. The number of fused-ring (bicyclic) bond motifs is 1. The van der Waals surface area contributed by atoms with Crippen molar-refractivity contribution >= 4 is 11.9 Å². The summed E-state index contributed by atoms with van der Waals surface area (Å²) in [6, 6.07) is 0. The van der Waals surface area contributed by atoms with E-state index in [-0.39, 0.29) is 11.8 Å². The van der Waals surface area contributed by atoms with Crippen molar-refractivity contribution in [3.8, 4) is 0 Å². The van der Waals surface area contributed by atoms with Crippen LogP contribution in [0.4, 0.5) is 0 Å². The van der Waals surface area contributed by atoms with Gasteiger partial charge in [-0.2, -0.15) is 5.10 Å². The first-order valence-corrected chi connectivity index (χ1v) is 8.20. The normalized spacial score (nSPS) is 24.3. The molecular formula is C16H23N3O3. The molecule has 0 aromatic carbocycles. The number of amides is 1. The van der Waals surface area contributed by atoms with Crippen LogP contribution in [-0.2, 0) is 17.6 Å². The maximum atomic E-state index is 12.7. The fourth-order valence-corrected chi connectivity index (χ4v) is 3.79. The van der Waals surface area contributed by atoms with Gasteiger partial charge in [-0.1, -0.05) is 13.3 Å². The number of carbonyl (C=O) groups is 2. The number of aliphatic carboxylic acids is 1. The first-order chi connectivity index (χ1) is 10.6. The lowest BCUT2D eigenvalue weighted by Crippen LogP contribution is -2.31. The van der Waals surface area contributed by atoms with E-state index in [2.05, 4.69) is 10.2 Å². The largest absolute Gasteiger partial charge is 0.481 e. The molecule has 0 spiro atoms. The second-order valence-electron chi connectivity index (χ2n) is 6.44. The Morgan fingerprint density at radius 3 is 2.82 bits per heavy atom. The van der Waals surface area contributed by atoms with Crippen LogP contribution < -0.4 is 0 Å². The smallest absolute Gasteiger partial charge is 0.308 e. The predicted molar refractivity (Wildman–Crippen MR) is 80.7 cm³/mol. The molecule has 1 aliphatic heterocycles. The molecule has 1 aromatic rings. The Bertz CT molecular complexity index is 581. The minimum atomic E-state index is -0.794. The van der Waals surface area contributed by atoms with Gasteiger partial charge < -0.3 is 10.0 Å². The Labute approximate surface area is 129 Å². The molecule has 0 bridgehead atoms. The van der Waals surface area contributed by atoms with Crippen LogP contribution in [0, 0.1) is 11.8 Å². The van der Waals surface area contributed by atoms with Crippen LogP contribution in [0.5, 0.6) is 0 Å². The van der Waals surface area contributed by atoms with Crippen molar-refractivity contribution in [2.75, 3.05) is 13.1 Å². The van der Waals surface area contributed by atoms with Crippen LogP contribution in [0.1, 0.15) is 54.4 Å². The lowest BCUT2D eigenvalue weighted by Gasteiger charge is -2.17. The second-order valence-corrected chi connectivity index (χ2v) is 6.44. The Balaban J connectivity index is 1.78. The van der Waals surface area contributed by atoms with Crippen molar-refractivity contribution in [3.63, 3.8) is 0 Å². The van der Waals surface area contributed by atoms with Crippen LogP contribution >= 0.6 is 0 Å². The molecular weight excluding hydrogens is 282 g/mol. The number of aromatic nitrogens is 2. The van der Waals surface area contributed by atoms with Crippen molar-refractivity contribution in [3.05, 3.63) is 17.0 Å². The minimum absolute atomic E-state index is 0.0567. The average molecular weight is 305 g/mol. The number of carboxylic acids is 1. The molecule has 0 radical (unpaired) electrons. The monoisotopic (exact) mass is 305 g/mol. The molecule has 1 aliphatic carbocycles. The highest BCUT2D eigenvalue weighted by molar-refractivity contribution is 5.94. The molecule has 2 heterocycles. The Hall–Kier alpha value is -1.85. The van der Waals surface area contributed by atoms with Crippen LogP contribution in [0.15, 0.2) is 0 Å². The maximum absolute atomic E-state index is 12.7. The Kier molecular flexibility index (Phi) is 4.18. The van der Waals surface area contributed by atoms with Gasteiger partial charge in [0.25, 0.3) is 5.91 Å². The molecule has 2 N–H and O–H groups in total. The van der Waals surface area contributed by atoms with E-state index in [0.717, 1.165) is 49.8 Å². The van der Waals surface area contributed by atoms with E-state index in [9.17, 15) is 14.7 Å². The van der Waals surface area contributed by atoms with E-state index < -0.39 is 11.9 Å². The molecule has 0 unspecified atom stereocenters. The number of hydrogen-bond acceptors (Lipinski definition) is 3. The molecule has 22 heavy (non-hydrogen) atoms. The second kappa shape index (κ2) is 6.10. The molecule has 1 aromatic heterocycles. The van der Waals surface area contributed by atoms with E-state index >= 15 is 0 Å². The zero-order valence-electron chi connectivity index (χ0n) is 13.0. The van der Waals surface area contributed by atoms with Gasteiger partial charge >= 0.3 is 5.97 Å². The van der Waals surface area contributed by atoms with Crippen LogP contribution in [0.25, 0.3) is 0 Å². The van der Waals surface area contributed by atoms with Gasteiger partial charge in [-0.3, -0.25) is 14.7 Å². The predicted octanol–water partition coefficient (Wildman–Crippen LogP) is 1.86. The third-order valence-corrected chi connectivity index (χ3v) is 4.96. The first-order valence-electron chi connectivity index (χ1n) is 8.20. The summed E-state index contributed by atoms with van der Waals surface area (Å²) in [6.45, 7) is 2.89. The molecule has 6 nitrogen and oxygen atoms in total. The van der Waals surface area contributed by atoms with Crippen molar-refractivity contribution < 1.29 is 14.7 Å². The number of rotatable bonds is 4. The number of H-pyrrole nitrogens is 1. The van der Waals surface area contributed by atoms with Gasteiger partial charge in [-0.15, -0.1) is 0 Å². The van der Waals surface area contributed by atoms with Crippen LogP contribution in [-0.4, -0.2) is 45.2 Å². The highest BCUT2D eigenvalue weighted by atomic mass is 16.4. The number of nitrogens with zero attached hydrogens (tertiary/aromatic N) is 2. The van der Waals surface area contributed by atoms with Gasteiger partial charge in [0.1, 0.15) is 0 Å². The van der Waals surface area contributed by atoms with E-state index in [1.54, 1.807) is 4.90 Å². The number of carbonyl (C=O) groups excluding carboxylic acids is 1. The van der Waals surface area contributed by atoms with Gasteiger partial charge in [0.05, 0.1) is 5.92 Å². The van der Waals surface area contributed by atoms with Crippen LogP contribution in [0.3, 0.4) is 0 Å². The molecule has 1 amide bonds. The zero-order valence-corrected chi connectivity index (χ0v) is 13.0. The average Bonchev–Trinajstić information content (AvgIpc) is 3.11. The fourth-order valence-electron chi connectivity index (χ4n) is 3.79. The van der Waals surface area contributed by atoms with E-state index in [4.69, 9.17) is 0 Å². The van der Waals surface area contributed by atoms with Gasteiger partial charge in [0.2, 0.25) is 0 Å². The van der Waals surface area contributed by atoms with Gasteiger partial charge in [-0.25, -0.2) is 0 Å². The molecule has 1 saturated heterocycles. The number of likely N-dealkylation sites (tertiary alicyclic amines) is 1. The van der Waals surface area contributed by atoms with E-state index in [1.165, 1.54) is 0 Å². The summed E-state index contributed by atoms with van der Waals surface area (Å²) in [5.74, 6) is -1.29. The van der Waals surface area contributed by atoms with Crippen molar-refractivity contribution in [2.45, 2.75) is 45.4 Å². The molecule has 2 aliphatic rings. The molecule has 0 saturated carbocycles. The summed E-state index contributed by atoms with van der Waals surface area (Å²) >= 11 is 0. The first kappa shape index (κ1) is 15.1. The quantitative estimate of drug-likeness (QED) is 0.889. The number of carboxylic acid groups (broad SMARTS) is 1. The highest BCUT2D eigenvalue weighted by Crippen LogP contribution is 2.30. The number of nitrogens with one attached hydrogen (secondary N) is 1. The minimum Gasteiger partial charge on any atom is -0.481 e. The maximum Gasteiger partial charge on any atom is 0.308 e. The summed E-state index contributed by atoms with van der Waals surface area (Å²) in [5, 5.41) is 16.6.